The van der Waals surface area contributed by atoms with Crippen LogP contribution in [0.25, 0.3) is 6.08 Å². The summed E-state index contributed by atoms with van der Waals surface area (Å²) in [5.41, 5.74) is 1.41. The first-order valence-electron chi connectivity index (χ1n) is 10.9. The SMILES string of the molecule is COC(=O)C1=C(C)N=c2s/c(=C/c3ccccc3OC(C)=O)c(=O)n2[C@@H]1c1ccc(OC(C)=O)cc1. The summed E-state index contributed by atoms with van der Waals surface area (Å²) in [6.07, 6.45) is 1.63. The molecule has 0 unspecified atom stereocenters. The van der Waals surface area contributed by atoms with Crippen LogP contribution < -0.4 is 24.4 Å². The molecule has 0 aliphatic carbocycles. The summed E-state index contributed by atoms with van der Waals surface area (Å²) in [5, 5.41) is 0. The maximum atomic E-state index is 13.6. The molecule has 0 amide bonds. The quantitative estimate of drug-likeness (QED) is 0.385. The van der Waals surface area contributed by atoms with Gasteiger partial charge in [-0.1, -0.05) is 41.7 Å². The molecule has 1 aromatic heterocycles. The van der Waals surface area contributed by atoms with Gasteiger partial charge in [0.25, 0.3) is 5.56 Å². The molecule has 0 N–H and O–H groups in total. The number of fused-ring (bicyclic) bond motifs is 1. The molecule has 0 bridgehead atoms. The average Bonchev–Trinajstić information content (AvgIpc) is 3.13. The maximum Gasteiger partial charge on any atom is 0.338 e. The van der Waals surface area contributed by atoms with Gasteiger partial charge in [-0.2, -0.15) is 0 Å². The molecule has 4 rings (SSSR count). The Hall–Kier alpha value is -4.31. The Balaban J connectivity index is 1.91. The third-order valence-electron chi connectivity index (χ3n) is 5.34. The molecule has 0 spiro atoms. The van der Waals surface area contributed by atoms with E-state index in [4.69, 9.17) is 14.2 Å². The number of carbonyl (C=O) groups is 3. The van der Waals surface area contributed by atoms with Gasteiger partial charge in [0.2, 0.25) is 0 Å². The molecule has 1 aliphatic heterocycles. The van der Waals surface area contributed by atoms with Crippen molar-refractivity contribution in [2.75, 3.05) is 7.11 Å². The zero-order valence-corrected chi connectivity index (χ0v) is 20.8. The number of hydrogen-bond donors (Lipinski definition) is 0. The number of hydrogen-bond acceptors (Lipinski definition) is 9. The minimum atomic E-state index is -0.814. The number of thiazole rings is 1. The summed E-state index contributed by atoms with van der Waals surface area (Å²) in [5.74, 6) is -0.899. The molecule has 0 saturated heterocycles. The van der Waals surface area contributed by atoms with Gasteiger partial charge in [0.1, 0.15) is 11.5 Å². The summed E-state index contributed by atoms with van der Waals surface area (Å²) < 4.78 is 17.2. The Morgan fingerprint density at radius 3 is 2.31 bits per heavy atom. The summed E-state index contributed by atoms with van der Waals surface area (Å²) in [7, 11) is 1.26. The van der Waals surface area contributed by atoms with Gasteiger partial charge in [-0.3, -0.25) is 19.0 Å². The van der Waals surface area contributed by atoms with Crippen molar-refractivity contribution in [2.24, 2.45) is 4.99 Å². The van der Waals surface area contributed by atoms with Gasteiger partial charge in [0.05, 0.1) is 29.0 Å². The second kappa shape index (κ2) is 10.1. The fourth-order valence-corrected chi connectivity index (χ4v) is 4.92. The van der Waals surface area contributed by atoms with Gasteiger partial charge in [0, 0.05) is 19.4 Å². The van der Waals surface area contributed by atoms with Crippen LogP contribution in [0.5, 0.6) is 11.5 Å². The van der Waals surface area contributed by atoms with Crippen molar-refractivity contribution in [3.8, 4) is 11.5 Å². The maximum absolute atomic E-state index is 13.6. The number of rotatable bonds is 5. The van der Waals surface area contributed by atoms with E-state index in [0.29, 0.717) is 37.7 Å². The monoisotopic (exact) mass is 506 g/mol. The Morgan fingerprint density at radius 1 is 1.00 bits per heavy atom. The number of benzene rings is 2. The van der Waals surface area contributed by atoms with Crippen LogP contribution in [0.1, 0.15) is 37.9 Å². The van der Waals surface area contributed by atoms with E-state index in [1.54, 1.807) is 61.5 Å². The van der Waals surface area contributed by atoms with E-state index in [0.717, 1.165) is 11.3 Å². The first-order chi connectivity index (χ1) is 17.2. The Bertz CT molecular complexity index is 1580. The van der Waals surface area contributed by atoms with E-state index >= 15 is 0 Å². The molecule has 184 valence electrons. The Kier molecular flexibility index (Phi) is 6.98. The van der Waals surface area contributed by atoms with Crippen LogP contribution in [0, 0.1) is 0 Å². The lowest BCUT2D eigenvalue weighted by Gasteiger charge is -2.24. The van der Waals surface area contributed by atoms with Crippen LogP contribution in [-0.4, -0.2) is 29.6 Å². The fraction of sp³-hybridized carbons (Fsp3) is 0.192. The molecular formula is C26H22N2O7S. The van der Waals surface area contributed by atoms with Crippen molar-refractivity contribution in [2.45, 2.75) is 26.8 Å². The fourth-order valence-electron chi connectivity index (χ4n) is 3.88. The number of allylic oxidation sites excluding steroid dienone is 1. The lowest BCUT2D eigenvalue weighted by Crippen LogP contribution is -2.39. The number of methoxy groups -OCH3 is 1. The van der Waals surface area contributed by atoms with Crippen molar-refractivity contribution in [3.63, 3.8) is 0 Å². The Labute approximate surface area is 209 Å². The molecule has 3 aromatic rings. The molecule has 10 heteroatoms. The van der Waals surface area contributed by atoms with Gasteiger partial charge < -0.3 is 14.2 Å². The predicted octanol–water partition coefficient (Wildman–Crippen LogP) is 2.26. The van der Waals surface area contributed by atoms with Crippen LogP contribution in [0.15, 0.2) is 69.6 Å². The third kappa shape index (κ3) is 4.89. The largest absolute Gasteiger partial charge is 0.466 e. The molecule has 1 aliphatic rings. The minimum Gasteiger partial charge on any atom is -0.466 e. The lowest BCUT2D eigenvalue weighted by molar-refractivity contribution is -0.136. The summed E-state index contributed by atoms with van der Waals surface area (Å²) in [6.45, 7) is 4.28. The highest BCUT2D eigenvalue weighted by Gasteiger charge is 2.33. The molecule has 2 aromatic carbocycles. The normalized spacial score (nSPS) is 15.1. The highest BCUT2D eigenvalue weighted by atomic mass is 32.1. The molecule has 9 nitrogen and oxygen atoms in total. The van der Waals surface area contributed by atoms with Crippen LogP contribution in [-0.2, 0) is 19.1 Å². The molecule has 0 radical (unpaired) electrons. The van der Waals surface area contributed by atoms with Crippen LogP contribution in [0.2, 0.25) is 0 Å². The summed E-state index contributed by atoms with van der Waals surface area (Å²) in [6, 6.07) is 12.6. The standard InChI is InChI=1S/C26H22N2O7S/c1-14-22(25(32)33-4)23(17-9-11-19(12-10-17)34-15(2)29)28-24(31)21(36-26(28)27-14)13-18-7-5-6-8-20(18)35-16(3)30/h5-13,23H,1-4H3/b21-13+/t23-/m1/s1. The Morgan fingerprint density at radius 2 is 1.67 bits per heavy atom. The molecule has 2 heterocycles. The number of carbonyl (C=O) groups excluding carboxylic acids is 3. The summed E-state index contributed by atoms with van der Waals surface area (Å²) in [4.78, 5) is 54.1. The number of nitrogens with zero attached hydrogens (tertiary/aromatic N) is 2. The number of para-hydroxylation sites is 1. The molecule has 36 heavy (non-hydrogen) atoms. The molecular weight excluding hydrogens is 484 g/mol. The highest BCUT2D eigenvalue weighted by molar-refractivity contribution is 7.07. The van der Waals surface area contributed by atoms with Crippen molar-refractivity contribution < 1.29 is 28.6 Å². The lowest BCUT2D eigenvalue weighted by atomic mass is 9.96. The average molecular weight is 507 g/mol. The third-order valence-corrected chi connectivity index (χ3v) is 6.33. The molecule has 1 atom stereocenters. The van der Waals surface area contributed by atoms with E-state index < -0.39 is 23.9 Å². The van der Waals surface area contributed by atoms with E-state index in [-0.39, 0.29) is 11.1 Å². The van der Waals surface area contributed by atoms with Crippen molar-refractivity contribution >= 4 is 35.3 Å². The van der Waals surface area contributed by atoms with Crippen LogP contribution >= 0.6 is 11.3 Å². The summed E-state index contributed by atoms with van der Waals surface area (Å²) >= 11 is 1.15. The van der Waals surface area contributed by atoms with Gasteiger partial charge in [-0.05, 0) is 36.8 Å². The number of esters is 3. The highest BCUT2D eigenvalue weighted by Crippen LogP contribution is 2.31. The van der Waals surface area contributed by atoms with Gasteiger partial charge in [-0.25, -0.2) is 9.79 Å². The van der Waals surface area contributed by atoms with Gasteiger partial charge in [0.15, 0.2) is 4.80 Å². The topological polar surface area (TPSA) is 113 Å². The smallest absolute Gasteiger partial charge is 0.338 e. The first kappa shape index (κ1) is 24.8. The second-order valence-corrected chi connectivity index (χ2v) is 8.88. The van der Waals surface area contributed by atoms with Crippen LogP contribution in [0.4, 0.5) is 0 Å². The van der Waals surface area contributed by atoms with Crippen molar-refractivity contribution in [1.82, 2.24) is 4.57 Å². The van der Waals surface area contributed by atoms with Gasteiger partial charge in [-0.15, -0.1) is 0 Å². The zero-order valence-electron chi connectivity index (χ0n) is 19.9. The zero-order chi connectivity index (χ0) is 26.0. The molecule has 0 fully saturated rings. The minimum absolute atomic E-state index is 0.219. The van der Waals surface area contributed by atoms with Crippen molar-refractivity contribution in [3.05, 3.63) is 90.6 Å². The van der Waals surface area contributed by atoms with E-state index in [1.165, 1.54) is 25.5 Å². The van der Waals surface area contributed by atoms with Gasteiger partial charge >= 0.3 is 17.9 Å². The van der Waals surface area contributed by atoms with Crippen molar-refractivity contribution in [1.29, 1.82) is 0 Å². The van der Waals surface area contributed by atoms with E-state index in [2.05, 4.69) is 4.99 Å². The van der Waals surface area contributed by atoms with Crippen LogP contribution in [0.3, 0.4) is 0 Å². The van der Waals surface area contributed by atoms with E-state index in [1.807, 2.05) is 0 Å². The molecule has 0 saturated carbocycles. The number of ether oxygens (including phenoxy) is 3. The first-order valence-corrected chi connectivity index (χ1v) is 11.7. The number of aromatic nitrogens is 1. The van der Waals surface area contributed by atoms with E-state index in [9.17, 15) is 19.2 Å². The predicted molar refractivity (Wildman–Crippen MR) is 131 cm³/mol. The second-order valence-electron chi connectivity index (χ2n) is 7.87.